The molecule has 2 aliphatic rings. The minimum Gasteiger partial charge on any atom is -0.495 e. The Balaban J connectivity index is 1.52. The Morgan fingerprint density at radius 1 is 1.10 bits per heavy atom. The van der Waals surface area contributed by atoms with Gasteiger partial charge in [0.15, 0.2) is 0 Å². The summed E-state index contributed by atoms with van der Waals surface area (Å²) in [6.07, 6.45) is 13.4. The molecule has 6 nitrogen and oxygen atoms in total. The van der Waals surface area contributed by atoms with Crippen LogP contribution in [-0.2, 0) is 4.79 Å². The molecule has 2 aromatic rings. The molecule has 0 spiro atoms. The number of hydrogen-bond acceptors (Lipinski definition) is 5. The van der Waals surface area contributed by atoms with Crippen molar-refractivity contribution in [1.82, 2.24) is 4.98 Å². The van der Waals surface area contributed by atoms with Crippen LogP contribution in [0.3, 0.4) is 0 Å². The summed E-state index contributed by atoms with van der Waals surface area (Å²) < 4.78 is 5.40. The number of hydrogen-bond donors (Lipinski definition) is 1. The summed E-state index contributed by atoms with van der Waals surface area (Å²) in [5.41, 5.74) is 10.9. The third-order valence-electron chi connectivity index (χ3n) is 8.39. The first-order chi connectivity index (χ1) is 18.9. The maximum absolute atomic E-state index is 14.0. The molecule has 2 fully saturated rings. The van der Waals surface area contributed by atoms with Crippen LogP contribution in [0.5, 0.6) is 5.75 Å². The molecular weight excluding hydrogens is 484 g/mol. The fourth-order valence-electron chi connectivity index (χ4n) is 6.10. The van der Waals surface area contributed by atoms with Gasteiger partial charge >= 0.3 is 0 Å². The van der Waals surface area contributed by atoms with Gasteiger partial charge in [0.1, 0.15) is 5.75 Å². The van der Waals surface area contributed by atoms with Crippen molar-refractivity contribution < 1.29 is 9.53 Å². The summed E-state index contributed by atoms with van der Waals surface area (Å²) in [6.45, 7) is 6.87. The van der Waals surface area contributed by atoms with Gasteiger partial charge in [0.25, 0.3) is 0 Å². The van der Waals surface area contributed by atoms with Crippen LogP contribution in [0.25, 0.3) is 5.57 Å². The number of carbonyl (C=O) groups excluding carboxylic acids is 1. The Morgan fingerprint density at radius 2 is 1.85 bits per heavy atom. The number of nitrogens with two attached hydrogens (primary N) is 1. The number of ether oxygens (including phenoxy) is 1. The van der Waals surface area contributed by atoms with E-state index < -0.39 is 0 Å². The van der Waals surface area contributed by atoms with Gasteiger partial charge in [-0.25, -0.2) is 0 Å². The van der Waals surface area contributed by atoms with Crippen LogP contribution in [-0.4, -0.2) is 36.8 Å². The summed E-state index contributed by atoms with van der Waals surface area (Å²) >= 11 is 0. The van der Waals surface area contributed by atoms with E-state index in [2.05, 4.69) is 28.1 Å². The minimum absolute atomic E-state index is 0.122. The second kappa shape index (κ2) is 13.8. The maximum Gasteiger partial charge on any atom is 0.230 e. The van der Waals surface area contributed by atoms with E-state index in [1.807, 2.05) is 45.2 Å². The summed E-state index contributed by atoms with van der Waals surface area (Å²) in [6, 6.07) is 12.6. The highest BCUT2D eigenvalue weighted by Gasteiger charge is 2.31. The van der Waals surface area contributed by atoms with Crippen LogP contribution in [0.1, 0.15) is 94.5 Å². The molecule has 0 atom stereocenters. The largest absolute Gasteiger partial charge is 0.495 e. The average molecular weight is 531 g/mol. The van der Waals surface area contributed by atoms with Crippen LogP contribution in [0.15, 0.2) is 47.6 Å². The summed E-state index contributed by atoms with van der Waals surface area (Å²) in [7, 11) is 1.69. The Morgan fingerprint density at radius 3 is 2.49 bits per heavy atom. The lowest BCUT2D eigenvalue weighted by atomic mass is 9.79. The molecule has 0 radical (unpaired) electrons. The van der Waals surface area contributed by atoms with E-state index in [9.17, 15) is 4.79 Å². The predicted octanol–water partition coefficient (Wildman–Crippen LogP) is 7.06. The Bertz CT molecular complexity index is 1160. The van der Waals surface area contributed by atoms with Gasteiger partial charge in [0.2, 0.25) is 5.91 Å². The number of nitrogens with zero attached hydrogens (tertiary/aromatic N) is 3. The third kappa shape index (κ3) is 7.49. The molecule has 2 N–H and O–H groups in total. The number of allylic oxidation sites excluding steroid dienone is 1. The first-order valence-electron chi connectivity index (χ1n) is 14.8. The highest BCUT2D eigenvalue weighted by molar-refractivity contribution is 6.10. The van der Waals surface area contributed by atoms with E-state index in [4.69, 9.17) is 15.5 Å². The predicted molar refractivity (Wildman–Crippen MR) is 161 cm³/mol. The quantitative estimate of drug-likeness (QED) is 0.352. The monoisotopic (exact) mass is 530 g/mol. The SMILES string of the molecule is COc1ccc(C2CCC(CN(C(=O)C3CCCCC3)c3cccc(/C(C=NC(C)C)=C/N)c3)CC2)nc1C. The van der Waals surface area contributed by atoms with Gasteiger partial charge in [-0.2, -0.15) is 0 Å². The highest BCUT2D eigenvalue weighted by atomic mass is 16.5. The van der Waals surface area contributed by atoms with Gasteiger partial charge in [-0.05, 0) is 95.0 Å². The third-order valence-corrected chi connectivity index (χ3v) is 8.39. The normalized spacial score (nSPS) is 20.9. The van der Waals surface area contributed by atoms with E-state index in [1.54, 1.807) is 13.3 Å². The molecule has 6 heteroatoms. The molecule has 1 aromatic heterocycles. The van der Waals surface area contributed by atoms with Crippen LogP contribution in [0.4, 0.5) is 5.69 Å². The van der Waals surface area contributed by atoms with Crippen molar-refractivity contribution in [2.75, 3.05) is 18.6 Å². The second-order valence-electron chi connectivity index (χ2n) is 11.6. The molecule has 0 bridgehead atoms. The van der Waals surface area contributed by atoms with Gasteiger partial charge in [0.05, 0.1) is 12.8 Å². The van der Waals surface area contributed by atoms with Crippen molar-refractivity contribution >= 4 is 23.4 Å². The Hall–Kier alpha value is -3.15. The molecular formula is C33H46N4O2. The molecule has 0 aliphatic heterocycles. The zero-order valence-electron chi connectivity index (χ0n) is 24.2. The minimum atomic E-state index is 0.122. The van der Waals surface area contributed by atoms with Crippen molar-refractivity contribution in [1.29, 1.82) is 0 Å². The fraction of sp³-hybridized carbons (Fsp3) is 0.545. The molecule has 1 amide bonds. The number of benzene rings is 1. The molecule has 1 heterocycles. The molecule has 2 aliphatic carbocycles. The van der Waals surface area contributed by atoms with E-state index >= 15 is 0 Å². The van der Waals surface area contributed by atoms with Gasteiger partial charge in [-0.15, -0.1) is 0 Å². The lowest BCUT2D eigenvalue weighted by Crippen LogP contribution is -2.41. The smallest absolute Gasteiger partial charge is 0.230 e. The van der Waals surface area contributed by atoms with Crippen molar-refractivity contribution in [2.45, 2.75) is 90.5 Å². The topological polar surface area (TPSA) is 80.8 Å². The van der Waals surface area contributed by atoms with Gasteiger partial charge in [0, 0.05) is 53.8 Å². The molecule has 210 valence electrons. The number of anilines is 1. The van der Waals surface area contributed by atoms with Gasteiger partial charge < -0.3 is 15.4 Å². The first kappa shape index (κ1) is 28.8. The van der Waals surface area contributed by atoms with E-state index in [0.717, 1.165) is 86.2 Å². The Labute approximate surface area is 234 Å². The molecule has 0 unspecified atom stereocenters. The number of aliphatic imine (C=N–C) groups is 1. The number of aromatic nitrogens is 1. The van der Waals surface area contributed by atoms with E-state index in [-0.39, 0.29) is 17.9 Å². The van der Waals surface area contributed by atoms with Crippen molar-refractivity contribution in [3.8, 4) is 5.75 Å². The number of amides is 1. The molecule has 2 saturated carbocycles. The second-order valence-corrected chi connectivity index (χ2v) is 11.6. The number of carbonyl (C=O) groups is 1. The zero-order valence-corrected chi connectivity index (χ0v) is 24.2. The molecule has 39 heavy (non-hydrogen) atoms. The van der Waals surface area contributed by atoms with Crippen molar-refractivity contribution in [3.63, 3.8) is 0 Å². The van der Waals surface area contributed by atoms with Crippen LogP contribution in [0, 0.1) is 18.8 Å². The number of pyridine rings is 1. The highest BCUT2D eigenvalue weighted by Crippen LogP contribution is 2.38. The molecule has 1 aromatic carbocycles. The molecule has 0 saturated heterocycles. The maximum atomic E-state index is 14.0. The summed E-state index contributed by atoms with van der Waals surface area (Å²) in [5, 5.41) is 0. The number of aryl methyl sites for hydroxylation is 1. The Kier molecular flexibility index (Phi) is 10.2. The molecule has 4 rings (SSSR count). The fourth-order valence-corrected chi connectivity index (χ4v) is 6.10. The van der Waals surface area contributed by atoms with Crippen LogP contribution >= 0.6 is 0 Å². The standard InChI is InChI=1S/C33H46N4O2/c1-23(2)35-21-29(20-34)28-11-8-12-30(19-28)37(33(38)27-9-6-5-7-10-27)22-25-13-15-26(16-14-25)31-17-18-32(39-4)24(3)36-31/h8,11-12,17-21,23,25-27H,5-7,9-10,13-16,22,34H2,1-4H3/b29-20+,35-21?. The number of rotatable bonds is 9. The van der Waals surface area contributed by atoms with Crippen molar-refractivity contribution in [2.24, 2.45) is 22.6 Å². The van der Waals surface area contributed by atoms with E-state index in [0.29, 0.717) is 11.8 Å². The number of methoxy groups -OCH3 is 1. The van der Waals surface area contributed by atoms with Gasteiger partial charge in [-0.3, -0.25) is 14.8 Å². The average Bonchev–Trinajstić information content (AvgIpc) is 2.96. The first-order valence-corrected chi connectivity index (χ1v) is 14.8. The van der Waals surface area contributed by atoms with Crippen LogP contribution < -0.4 is 15.4 Å². The summed E-state index contributed by atoms with van der Waals surface area (Å²) in [4.78, 5) is 25.4. The summed E-state index contributed by atoms with van der Waals surface area (Å²) in [5.74, 6) is 2.19. The lowest BCUT2D eigenvalue weighted by Gasteiger charge is -2.35. The van der Waals surface area contributed by atoms with Crippen LogP contribution in [0.2, 0.25) is 0 Å². The van der Waals surface area contributed by atoms with E-state index in [1.165, 1.54) is 12.1 Å². The zero-order chi connectivity index (χ0) is 27.8. The van der Waals surface area contributed by atoms with Gasteiger partial charge in [-0.1, -0.05) is 31.4 Å². The lowest BCUT2D eigenvalue weighted by molar-refractivity contribution is -0.123. The van der Waals surface area contributed by atoms with Crippen molar-refractivity contribution in [3.05, 3.63) is 59.5 Å².